The van der Waals surface area contributed by atoms with Crippen molar-refractivity contribution in [3.8, 4) is 0 Å². The van der Waals surface area contributed by atoms with E-state index in [2.05, 4.69) is 15.3 Å². The van der Waals surface area contributed by atoms with Gasteiger partial charge in [-0.3, -0.25) is 4.79 Å². The molecule has 1 N–H and O–H groups in total. The molecule has 0 atom stereocenters. The van der Waals surface area contributed by atoms with E-state index in [0.717, 1.165) is 0 Å². The van der Waals surface area contributed by atoms with Gasteiger partial charge in [-0.05, 0) is 19.1 Å². The van der Waals surface area contributed by atoms with Crippen molar-refractivity contribution >= 4 is 34.9 Å². The first-order valence-electron chi connectivity index (χ1n) is 5.26. The molecule has 0 spiro atoms. The Hall–Kier alpha value is -1.59. The minimum Gasteiger partial charge on any atom is -0.344 e. The first kappa shape index (κ1) is 12.9. The highest BCUT2D eigenvalue weighted by Gasteiger charge is 2.14. The van der Waals surface area contributed by atoms with Gasteiger partial charge in [-0.2, -0.15) is 0 Å². The van der Waals surface area contributed by atoms with Crippen molar-refractivity contribution in [3.63, 3.8) is 0 Å². The Morgan fingerprint density at radius 1 is 1.44 bits per heavy atom. The molecule has 5 nitrogen and oxygen atoms in total. The van der Waals surface area contributed by atoms with Crippen LogP contribution in [-0.4, -0.2) is 20.4 Å². The highest BCUT2D eigenvalue weighted by molar-refractivity contribution is 6.43. The molecule has 0 fully saturated rings. The average Bonchev–Trinajstić information content (AvgIpc) is 2.83. The molecule has 18 heavy (non-hydrogen) atoms. The molecule has 0 aliphatic carbocycles. The van der Waals surface area contributed by atoms with Crippen molar-refractivity contribution in [2.75, 3.05) is 5.32 Å². The third-order valence-corrected chi connectivity index (χ3v) is 3.12. The van der Waals surface area contributed by atoms with Crippen molar-refractivity contribution in [1.82, 2.24) is 14.5 Å². The average molecular weight is 285 g/mol. The zero-order valence-electron chi connectivity index (χ0n) is 9.52. The summed E-state index contributed by atoms with van der Waals surface area (Å²) in [5.41, 5.74) is 0.531. The monoisotopic (exact) mass is 284 g/mol. The van der Waals surface area contributed by atoms with Crippen LogP contribution in [0.2, 0.25) is 10.2 Å². The number of rotatable bonds is 3. The van der Waals surface area contributed by atoms with E-state index in [1.807, 2.05) is 17.7 Å². The van der Waals surface area contributed by atoms with Crippen LogP contribution in [0.3, 0.4) is 0 Å². The van der Waals surface area contributed by atoms with Crippen molar-refractivity contribution in [1.29, 1.82) is 0 Å². The fourth-order valence-corrected chi connectivity index (χ4v) is 1.78. The lowest BCUT2D eigenvalue weighted by Crippen LogP contribution is -2.17. The van der Waals surface area contributed by atoms with Crippen LogP contribution in [0.4, 0.5) is 5.82 Å². The van der Waals surface area contributed by atoms with E-state index in [9.17, 15) is 4.79 Å². The Labute approximate surface area is 114 Å². The van der Waals surface area contributed by atoms with Crippen LogP contribution in [0.15, 0.2) is 24.7 Å². The predicted octanol–water partition coefficient (Wildman–Crippen LogP) is 2.86. The molecule has 2 aromatic heterocycles. The van der Waals surface area contributed by atoms with Crippen molar-refractivity contribution < 1.29 is 4.79 Å². The number of amides is 1. The van der Waals surface area contributed by atoms with E-state index in [0.29, 0.717) is 12.2 Å². The summed E-state index contributed by atoms with van der Waals surface area (Å²) in [5.74, 6) is -0.0935. The Morgan fingerprint density at radius 2 is 2.22 bits per heavy atom. The number of aromatic nitrogens is 3. The summed E-state index contributed by atoms with van der Waals surface area (Å²) in [6, 6.07) is 3.52. The molecule has 0 radical (unpaired) electrons. The highest BCUT2D eigenvalue weighted by atomic mass is 35.5. The van der Waals surface area contributed by atoms with Crippen LogP contribution >= 0.6 is 23.2 Å². The van der Waals surface area contributed by atoms with Crippen LogP contribution in [0.5, 0.6) is 0 Å². The molecule has 2 rings (SSSR count). The fourth-order valence-electron chi connectivity index (χ4n) is 1.50. The molecule has 0 bridgehead atoms. The summed E-state index contributed by atoms with van der Waals surface area (Å²) in [6.07, 6.45) is 3.06. The van der Waals surface area contributed by atoms with E-state index in [1.165, 1.54) is 6.33 Å². The third kappa shape index (κ3) is 2.47. The van der Waals surface area contributed by atoms with Gasteiger partial charge in [-0.25, -0.2) is 9.97 Å². The molecule has 2 aromatic rings. The molecule has 0 aromatic carbocycles. The van der Waals surface area contributed by atoms with Gasteiger partial charge in [0.1, 0.15) is 17.0 Å². The van der Waals surface area contributed by atoms with Gasteiger partial charge >= 0.3 is 0 Å². The van der Waals surface area contributed by atoms with Crippen molar-refractivity contribution in [2.45, 2.75) is 13.5 Å². The van der Waals surface area contributed by atoms with E-state index >= 15 is 0 Å². The van der Waals surface area contributed by atoms with Crippen LogP contribution in [0.1, 0.15) is 17.4 Å². The van der Waals surface area contributed by atoms with Crippen LogP contribution in [0, 0.1) is 0 Å². The van der Waals surface area contributed by atoms with Crippen molar-refractivity contribution in [2.24, 2.45) is 0 Å². The predicted molar refractivity (Wildman–Crippen MR) is 70.1 cm³/mol. The van der Waals surface area contributed by atoms with Gasteiger partial charge in [0.2, 0.25) is 0 Å². The zero-order chi connectivity index (χ0) is 13.1. The molecule has 1 amide bonds. The SMILES string of the molecule is CCn1cccc1C(=O)Nc1ncnc(Cl)c1Cl. The maximum absolute atomic E-state index is 12.0. The van der Waals surface area contributed by atoms with Crippen LogP contribution < -0.4 is 5.32 Å². The summed E-state index contributed by atoms with van der Waals surface area (Å²) < 4.78 is 1.81. The molecular formula is C11H10Cl2N4O. The number of hydrogen-bond donors (Lipinski definition) is 1. The van der Waals surface area contributed by atoms with Crippen LogP contribution in [-0.2, 0) is 6.54 Å². The lowest BCUT2D eigenvalue weighted by molar-refractivity contribution is 0.101. The number of nitrogens with one attached hydrogen (secondary N) is 1. The molecule has 0 saturated carbocycles. The third-order valence-electron chi connectivity index (χ3n) is 2.38. The van der Waals surface area contributed by atoms with E-state index in [1.54, 1.807) is 12.1 Å². The first-order chi connectivity index (χ1) is 8.63. The summed E-state index contributed by atoms with van der Waals surface area (Å²) in [4.78, 5) is 19.6. The minimum atomic E-state index is -0.293. The summed E-state index contributed by atoms with van der Waals surface area (Å²) in [6.45, 7) is 2.65. The highest BCUT2D eigenvalue weighted by Crippen LogP contribution is 2.25. The fraction of sp³-hybridized carbons (Fsp3) is 0.182. The molecule has 7 heteroatoms. The topological polar surface area (TPSA) is 59.8 Å². The number of carbonyl (C=O) groups is 1. The van der Waals surface area contributed by atoms with Gasteiger partial charge in [0.15, 0.2) is 11.0 Å². The molecule has 0 unspecified atom stereocenters. The maximum atomic E-state index is 12.0. The number of carbonyl (C=O) groups excluding carboxylic acids is 1. The number of aryl methyl sites for hydroxylation is 1. The molecule has 0 saturated heterocycles. The lowest BCUT2D eigenvalue weighted by Gasteiger charge is -2.08. The Balaban J connectivity index is 2.24. The molecule has 94 valence electrons. The molecule has 0 aliphatic heterocycles. The molecular weight excluding hydrogens is 275 g/mol. The largest absolute Gasteiger partial charge is 0.344 e. The van der Waals surface area contributed by atoms with Gasteiger partial charge in [-0.1, -0.05) is 23.2 Å². The van der Waals surface area contributed by atoms with E-state index in [-0.39, 0.29) is 21.9 Å². The second-order valence-corrected chi connectivity index (χ2v) is 4.20. The quantitative estimate of drug-likeness (QED) is 0.882. The van der Waals surface area contributed by atoms with Gasteiger partial charge < -0.3 is 9.88 Å². The minimum absolute atomic E-state index is 0.104. The van der Waals surface area contributed by atoms with Gasteiger partial charge in [-0.15, -0.1) is 0 Å². The Kier molecular flexibility index (Phi) is 3.84. The Bertz CT molecular complexity index is 582. The van der Waals surface area contributed by atoms with Gasteiger partial charge in [0, 0.05) is 12.7 Å². The number of hydrogen-bond acceptors (Lipinski definition) is 3. The normalized spacial score (nSPS) is 10.4. The number of halogens is 2. The first-order valence-corrected chi connectivity index (χ1v) is 6.01. The number of nitrogens with zero attached hydrogens (tertiary/aromatic N) is 3. The van der Waals surface area contributed by atoms with Gasteiger partial charge in [0.25, 0.3) is 5.91 Å². The zero-order valence-corrected chi connectivity index (χ0v) is 11.0. The summed E-state index contributed by atoms with van der Waals surface area (Å²) >= 11 is 11.6. The Morgan fingerprint density at radius 3 is 2.94 bits per heavy atom. The van der Waals surface area contributed by atoms with E-state index in [4.69, 9.17) is 23.2 Å². The lowest BCUT2D eigenvalue weighted by atomic mass is 10.4. The smallest absolute Gasteiger partial charge is 0.273 e. The standard InChI is InChI=1S/C11H10Cl2N4O/c1-2-17-5-3-4-7(17)11(18)16-10-8(12)9(13)14-6-15-10/h3-6H,2H2,1H3,(H,14,15,16,18). The van der Waals surface area contributed by atoms with E-state index < -0.39 is 0 Å². The summed E-state index contributed by atoms with van der Waals surface area (Å²) in [5, 5.41) is 2.83. The van der Waals surface area contributed by atoms with Crippen molar-refractivity contribution in [3.05, 3.63) is 40.5 Å². The second kappa shape index (κ2) is 5.37. The molecule has 2 heterocycles. The van der Waals surface area contributed by atoms with Crippen LogP contribution in [0.25, 0.3) is 0 Å². The summed E-state index contributed by atoms with van der Waals surface area (Å²) in [7, 11) is 0. The van der Waals surface area contributed by atoms with Gasteiger partial charge in [0.05, 0.1) is 0 Å². The number of anilines is 1. The maximum Gasteiger partial charge on any atom is 0.273 e. The molecule has 0 aliphatic rings. The second-order valence-electron chi connectivity index (χ2n) is 3.46.